The number of benzene rings is 1. The fraction of sp³-hybridized carbons (Fsp3) is 0.100. The monoisotopic (exact) mass is 226 g/mol. The minimum Gasteiger partial charge on any atom is -0.301 e. The number of hydrogen-bond donors (Lipinski definition) is 0. The summed E-state index contributed by atoms with van der Waals surface area (Å²) in [4.78, 5) is 3.91. The maximum atomic E-state index is 5.91. The van der Waals surface area contributed by atoms with Crippen molar-refractivity contribution in [3.8, 4) is 0 Å². The molecule has 0 N–H and O–H groups in total. The van der Waals surface area contributed by atoms with Gasteiger partial charge in [0, 0.05) is 0 Å². The van der Waals surface area contributed by atoms with E-state index in [1.165, 1.54) is 0 Å². The quantitative estimate of drug-likeness (QED) is 0.769. The van der Waals surface area contributed by atoms with Crippen molar-refractivity contribution >= 4 is 23.2 Å². The Morgan fingerprint density at radius 3 is 2.43 bits per heavy atom. The van der Waals surface area contributed by atoms with Crippen molar-refractivity contribution in [2.75, 3.05) is 0 Å². The molecule has 0 saturated heterocycles. The summed E-state index contributed by atoms with van der Waals surface area (Å²) in [6, 6.07) is 9.97. The third kappa shape index (κ3) is 1.91. The first-order valence-corrected chi connectivity index (χ1v) is 4.93. The molecule has 1 heterocycles. The number of rotatable bonds is 2. The van der Waals surface area contributed by atoms with Crippen LogP contribution in [0.25, 0.3) is 0 Å². The van der Waals surface area contributed by atoms with Crippen LogP contribution in [0, 0.1) is 0 Å². The molecule has 0 amide bonds. The standard InChI is InChI=1S/C10H8Cl2N2/c11-9-6-13-10(12)14(9)7-8-4-2-1-3-5-8/h1-6H,7H2. The molecule has 2 aromatic rings. The third-order valence-electron chi connectivity index (χ3n) is 1.94. The van der Waals surface area contributed by atoms with Gasteiger partial charge in [0.1, 0.15) is 5.15 Å². The van der Waals surface area contributed by atoms with Gasteiger partial charge in [-0.2, -0.15) is 0 Å². The summed E-state index contributed by atoms with van der Waals surface area (Å²) < 4.78 is 1.75. The van der Waals surface area contributed by atoms with Crippen LogP contribution in [0.1, 0.15) is 5.56 Å². The summed E-state index contributed by atoms with van der Waals surface area (Å²) in [6.07, 6.45) is 1.55. The highest BCUT2D eigenvalue weighted by atomic mass is 35.5. The van der Waals surface area contributed by atoms with E-state index in [2.05, 4.69) is 4.98 Å². The Balaban J connectivity index is 2.27. The average molecular weight is 227 g/mol. The fourth-order valence-electron chi connectivity index (χ4n) is 1.24. The van der Waals surface area contributed by atoms with Crippen molar-refractivity contribution < 1.29 is 0 Å². The number of halogens is 2. The van der Waals surface area contributed by atoms with Gasteiger partial charge >= 0.3 is 0 Å². The van der Waals surface area contributed by atoms with Crippen LogP contribution < -0.4 is 0 Å². The van der Waals surface area contributed by atoms with Gasteiger partial charge in [-0.1, -0.05) is 41.9 Å². The van der Waals surface area contributed by atoms with Crippen LogP contribution in [0.5, 0.6) is 0 Å². The highest BCUT2D eigenvalue weighted by Gasteiger charge is 2.05. The Bertz CT molecular complexity index is 403. The van der Waals surface area contributed by atoms with Gasteiger partial charge in [-0.15, -0.1) is 0 Å². The lowest BCUT2D eigenvalue weighted by molar-refractivity contribution is 0.799. The number of hydrogen-bond acceptors (Lipinski definition) is 1. The summed E-state index contributed by atoms with van der Waals surface area (Å²) in [5, 5.41) is 0.970. The number of nitrogens with zero attached hydrogens (tertiary/aromatic N) is 2. The second kappa shape index (κ2) is 4.03. The fourth-order valence-corrected chi connectivity index (χ4v) is 1.67. The maximum Gasteiger partial charge on any atom is 0.204 e. The van der Waals surface area contributed by atoms with Crippen molar-refractivity contribution in [3.05, 3.63) is 52.5 Å². The van der Waals surface area contributed by atoms with E-state index in [4.69, 9.17) is 23.2 Å². The maximum absolute atomic E-state index is 5.91. The van der Waals surface area contributed by atoms with Crippen molar-refractivity contribution in [1.82, 2.24) is 9.55 Å². The normalized spacial score (nSPS) is 10.4. The second-order valence-corrected chi connectivity index (χ2v) is 3.65. The molecule has 0 fully saturated rings. The van der Waals surface area contributed by atoms with E-state index in [9.17, 15) is 0 Å². The van der Waals surface area contributed by atoms with Gasteiger partial charge in [-0.05, 0) is 17.2 Å². The molecule has 4 heteroatoms. The van der Waals surface area contributed by atoms with Gasteiger partial charge in [-0.25, -0.2) is 4.98 Å². The van der Waals surface area contributed by atoms with E-state index in [0.29, 0.717) is 17.0 Å². The van der Waals surface area contributed by atoms with Crippen molar-refractivity contribution in [2.24, 2.45) is 0 Å². The molecule has 0 aliphatic carbocycles. The molecule has 0 spiro atoms. The molecule has 0 unspecified atom stereocenters. The Kier molecular flexibility index (Phi) is 2.75. The largest absolute Gasteiger partial charge is 0.301 e. The van der Waals surface area contributed by atoms with E-state index >= 15 is 0 Å². The SMILES string of the molecule is Clc1cnc(Cl)n1Cc1ccccc1. The molecule has 72 valence electrons. The van der Waals surface area contributed by atoms with Crippen LogP contribution >= 0.6 is 23.2 Å². The molecule has 0 radical (unpaired) electrons. The van der Waals surface area contributed by atoms with E-state index in [1.54, 1.807) is 10.8 Å². The first kappa shape index (κ1) is 9.56. The zero-order valence-electron chi connectivity index (χ0n) is 7.32. The zero-order chi connectivity index (χ0) is 9.97. The molecular weight excluding hydrogens is 219 g/mol. The first-order valence-electron chi connectivity index (χ1n) is 4.18. The van der Waals surface area contributed by atoms with Crippen molar-refractivity contribution in [2.45, 2.75) is 6.54 Å². The molecule has 2 rings (SSSR count). The molecule has 14 heavy (non-hydrogen) atoms. The van der Waals surface area contributed by atoms with Crippen molar-refractivity contribution in [1.29, 1.82) is 0 Å². The zero-order valence-corrected chi connectivity index (χ0v) is 8.83. The molecule has 0 saturated carbocycles. The summed E-state index contributed by atoms with van der Waals surface area (Å²) in [5.74, 6) is 0. The van der Waals surface area contributed by atoms with E-state index in [1.807, 2.05) is 30.3 Å². The summed E-state index contributed by atoms with van der Waals surface area (Å²) >= 11 is 11.8. The lowest BCUT2D eigenvalue weighted by Crippen LogP contribution is -1.99. The van der Waals surface area contributed by atoms with E-state index in [-0.39, 0.29) is 0 Å². The van der Waals surface area contributed by atoms with Crippen LogP contribution in [0.2, 0.25) is 10.4 Å². The molecule has 0 bridgehead atoms. The van der Waals surface area contributed by atoms with Crippen LogP contribution in [0.4, 0.5) is 0 Å². The Morgan fingerprint density at radius 2 is 1.86 bits per heavy atom. The van der Waals surface area contributed by atoms with Crippen LogP contribution in [-0.4, -0.2) is 9.55 Å². The van der Waals surface area contributed by atoms with Gasteiger partial charge < -0.3 is 4.57 Å². The third-order valence-corrected chi connectivity index (χ3v) is 2.54. The summed E-state index contributed by atoms with van der Waals surface area (Å²) in [6.45, 7) is 0.651. The van der Waals surface area contributed by atoms with Gasteiger partial charge in [0.25, 0.3) is 0 Å². The molecule has 0 aliphatic rings. The van der Waals surface area contributed by atoms with E-state index in [0.717, 1.165) is 5.56 Å². The highest BCUT2D eigenvalue weighted by Crippen LogP contribution is 2.17. The Morgan fingerprint density at radius 1 is 1.14 bits per heavy atom. The molecule has 2 nitrogen and oxygen atoms in total. The number of aromatic nitrogens is 2. The molecule has 1 aromatic heterocycles. The molecule has 0 atom stereocenters. The smallest absolute Gasteiger partial charge is 0.204 e. The van der Waals surface area contributed by atoms with Gasteiger partial charge in [0.05, 0.1) is 12.7 Å². The average Bonchev–Trinajstić information content (AvgIpc) is 2.51. The molecule has 0 aliphatic heterocycles. The van der Waals surface area contributed by atoms with E-state index < -0.39 is 0 Å². The molecule has 1 aromatic carbocycles. The lowest BCUT2D eigenvalue weighted by Gasteiger charge is -2.04. The summed E-state index contributed by atoms with van der Waals surface area (Å²) in [5.41, 5.74) is 1.15. The van der Waals surface area contributed by atoms with Gasteiger partial charge in [0.2, 0.25) is 5.28 Å². The minimum atomic E-state index is 0.416. The lowest BCUT2D eigenvalue weighted by atomic mass is 10.2. The predicted octanol–water partition coefficient (Wildman–Crippen LogP) is 3.24. The molecular formula is C10H8Cl2N2. The topological polar surface area (TPSA) is 17.8 Å². The summed E-state index contributed by atoms with van der Waals surface area (Å²) in [7, 11) is 0. The minimum absolute atomic E-state index is 0.416. The van der Waals surface area contributed by atoms with Gasteiger partial charge in [-0.3, -0.25) is 0 Å². The van der Waals surface area contributed by atoms with Crippen LogP contribution in [-0.2, 0) is 6.54 Å². The van der Waals surface area contributed by atoms with Gasteiger partial charge in [0.15, 0.2) is 0 Å². The van der Waals surface area contributed by atoms with Crippen molar-refractivity contribution in [3.63, 3.8) is 0 Å². The first-order chi connectivity index (χ1) is 6.77. The van der Waals surface area contributed by atoms with Crippen LogP contribution in [0.15, 0.2) is 36.5 Å². The van der Waals surface area contributed by atoms with Crippen LogP contribution in [0.3, 0.4) is 0 Å². The Labute approximate surface area is 92.1 Å². The predicted molar refractivity (Wildman–Crippen MR) is 57.8 cm³/mol. The highest BCUT2D eigenvalue weighted by molar-refractivity contribution is 6.32. The second-order valence-electron chi connectivity index (χ2n) is 2.92. The number of imidazole rings is 1. The Hall–Kier alpha value is -0.990.